The molecule has 2 amide bonds. The van der Waals surface area contributed by atoms with E-state index < -0.39 is 41.0 Å². The van der Waals surface area contributed by atoms with E-state index in [2.05, 4.69) is 0 Å². The molecule has 1 saturated carbocycles. The minimum Gasteiger partial charge on any atom is -0.504 e. The van der Waals surface area contributed by atoms with Crippen molar-refractivity contribution >= 4 is 29.4 Å². The van der Waals surface area contributed by atoms with E-state index in [0.29, 0.717) is 48.8 Å². The van der Waals surface area contributed by atoms with Gasteiger partial charge < -0.3 is 14.9 Å². The van der Waals surface area contributed by atoms with E-state index in [1.54, 1.807) is 26.0 Å². The standard InChI is InChI=1S/C32H37NO8/c1-16-17(2)29(38)32(3)22(28(16)37)15-21-19(27(32)18-9-12-23(34)24(14-18)41-4)10-11-20-26(21)31(40)33(30(20)39)13-7-5-6-8-25(35)36/h9-10,12,14,20-22,26-27,34H,5-8,11,13,15H2,1-4H3,(H,35,36)/t20-,21+,22-,26-,27-,32+/m0/s1. The average molecular weight is 564 g/mol. The van der Waals surface area contributed by atoms with Crippen molar-refractivity contribution in [2.75, 3.05) is 13.7 Å². The largest absolute Gasteiger partial charge is 0.504 e. The number of nitrogens with zero attached hydrogens (tertiary/aromatic N) is 1. The maximum Gasteiger partial charge on any atom is 0.303 e. The number of rotatable bonds is 8. The molecule has 2 fully saturated rings. The molecule has 9 heteroatoms. The number of carboxylic acid groups (broad SMARTS) is 1. The molecule has 0 radical (unpaired) electrons. The molecule has 2 N–H and O–H groups in total. The molecule has 9 nitrogen and oxygen atoms in total. The summed E-state index contributed by atoms with van der Waals surface area (Å²) in [7, 11) is 1.45. The van der Waals surface area contributed by atoms with Crippen LogP contribution in [0.1, 0.15) is 70.8 Å². The van der Waals surface area contributed by atoms with Crippen LogP contribution >= 0.6 is 0 Å². The van der Waals surface area contributed by atoms with Crippen LogP contribution in [0.5, 0.6) is 11.5 Å². The quantitative estimate of drug-likeness (QED) is 0.273. The molecule has 1 aliphatic heterocycles. The zero-order chi connectivity index (χ0) is 29.8. The number of likely N-dealkylation sites (tertiary alicyclic amines) is 1. The summed E-state index contributed by atoms with van der Waals surface area (Å²) in [6, 6.07) is 4.95. The number of carboxylic acids is 1. The van der Waals surface area contributed by atoms with E-state index >= 15 is 0 Å². The topological polar surface area (TPSA) is 138 Å². The number of amides is 2. The second kappa shape index (κ2) is 10.6. The van der Waals surface area contributed by atoms with Gasteiger partial charge in [-0.2, -0.15) is 0 Å². The van der Waals surface area contributed by atoms with Gasteiger partial charge in [-0.1, -0.05) is 31.1 Å². The highest BCUT2D eigenvalue weighted by molar-refractivity contribution is 6.16. The summed E-state index contributed by atoms with van der Waals surface area (Å²) >= 11 is 0. The smallest absolute Gasteiger partial charge is 0.303 e. The normalized spacial score (nSPS) is 31.1. The Bertz CT molecular complexity index is 1410. The second-order valence-electron chi connectivity index (χ2n) is 12.1. The van der Waals surface area contributed by atoms with Crippen molar-refractivity contribution in [3.63, 3.8) is 0 Å². The van der Waals surface area contributed by atoms with Gasteiger partial charge in [-0.15, -0.1) is 0 Å². The Morgan fingerprint density at radius 3 is 2.46 bits per heavy atom. The summed E-state index contributed by atoms with van der Waals surface area (Å²) in [5.74, 6) is -4.10. The summed E-state index contributed by atoms with van der Waals surface area (Å²) in [5.41, 5.74) is 1.38. The number of aromatic hydroxyl groups is 1. The number of carbonyl (C=O) groups is 5. The summed E-state index contributed by atoms with van der Waals surface area (Å²) in [5, 5.41) is 19.2. The molecule has 0 spiro atoms. The van der Waals surface area contributed by atoms with E-state index in [1.165, 1.54) is 18.1 Å². The Kier molecular flexibility index (Phi) is 7.42. The second-order valence-corrected chi connectivity index (χ2v) is 12.1. The van der Waals surface area contributed by atoms with Crippen LogP contribution in [0.4, 0.5) is 0 Å². The number of carbonyl (C=O) groups excluding carboxylic acids is 4. The molecule has 4 aliphatic rings. The number of benzene rings is 1. The third kappa shape index (κ3) is 4.41. The Labute approximate surface area is 239 Å². The molecule has 3 aliphatic carbocycles. The number of phenols is 1. The summed E-state index contributed by atoms with van der Waals surface area (Å²) in [6.45, 7) is 5.45. The zero-order valence-corrected chi connectivity index (χ0v) is 23.9. The highest BCUT2D eigenvalue weighted by atomic mass is 16.5. The van der Waals surface area contributed by atoms with E-state index in [1.807, 2.05) is 13.0 Å². The number of imide groups is 1. The summed E-state index contributed by atoms with van der Waals surface area (Å²) in [4.78, 5) is 67.3. The van der Waals surface area contributed by atoms with E-state index in [-0.39, 0.29) is 47.8 Å². The first-order valence-corrected chi connectivity index (χ1v) is 14.3. The van der Waals surface area contributed by atoms with Crippen LogP contribution < -0.4 is 4.74 Å². The molecule has 1 heterocycles. The number of allylic oxidation sites excluding steroid dienone is 4. The van der Waals surface area contributed by atoms with Crippen molar-refractivity contribution in [1.82, 2.24) is 4.90 Å². The lowest BCUT2D eigenvalue weighted by atomic mass is 9.46. The minimum absolute atomic E-state index is 0.0449. The number of methoxy groups -OCH3 is 1. The lowest BCUT2D eigenvalue weighted by molar-refractivity contribution is -0.143. The Balaban J connectivity index is 1.54. The molecule has 5 rings (SSSR count). The molecule has 1 saturated heterocycles. The molecule has 1 aromatic carbocycles. The van der Waals surface area contributed by atoms with Crippen molar-refractivity contribution in [1.29, 1.82) is 0 Å². The van der Waals surface area contributed by atoms with E-state index in [4.69, 9.17) is 9.84 Å². The fourth-order valence-corrected chi connectivity index (χ4v) is 7.84. The van der Waals surface area contributed by atoms with Crippen LogP contribution in [-0.2, 0) is 24.0 Å². The Hall–Kier alpha value is -3.75. The molecule has 0 unspecified atom stereocenters. The fraction of sp³-hybridized carbons (Fsp3) is 0.531. The SMILES string of the molecule is COc1cc([C@H]2C3=CC[C@@H]4C(=O)N(CCCCCC(=O)O)C(=O)[C@@H]4[C@@H]3C[C@H]3C(=O)C(C)=C(C)C(=O)[C@@]23C)ccc1O. The first-order valence-electron chi connectivity index (χ1n) is 14.3. The van der Waals surface area contributed by atoms with Crippen molar-refractivity contribution in [2.24, 2.45) is 29.1 Å². The first-order chi connectivity index (χ1) is 19.4. The zero-order valence-electron chi connectivity index (χ0n) is 23.9. The van der Waals surface area contributed by atoms with Gasteiger partial charge in [0.15, 0.2) is 23.1 Å². The highest BCUT2D eigenvalue weighted by Crippen LogP contribution is 2.63. The lowest BCUT2D eigenvalue weighted by Gasteiger charge is -2.54. The lowest BCUT2D eigenvalue weighted by Crippen LogP contribution is -2.55. The maximum atomic E-state index is 14.0. The van der Waals surface area contributed by atoms with Gasteiger partial charge in [-0.05, 0) is 74.3 Å². The molecular weight excluding hydrogens is 526 g/mol. The predicted octanol–water partition coefficient (Wildman–Crippen LogP) is 4.19. The molecule has 0 aromatic heterocycles. The number of hydrogen-bond acceptors (Lipinski definition) is 7. The minimum atomic E-state index is -1.10. The average Bonchev–Trinajstić information content (AvgIpc) is 3.19. The highest BCUT2D eigenvalue weighted by Gasteiger charge is 2.63. The Morgan fingerprint density at radius 1 is 1.05 bits per heavy atom. The van der Waals surface area contributed by atoms with Gasteiger partial charge in [0.1, 0.15) is 0 Å². The molecule has 1 aromatic rings. The van der Waals surface area contributed by atoms with Gasteiger partial charge >= 0.3 is 5.97 Å². The third-order valence-corrected chi connectivity index (χ3v) is 10.1. The number of Topliss-reactive ketones (excluding diaryl/α,β-unsaturated/α-hetero) is 2. The van der Waals surface area contributed by atoms with Crippen molar-refractivity contribution in [3.8, 4) is 11.5 Å². The number of fused-ring (bicyclic) bond motifs is 4. The van der Waals surface area contributed by atoms with Gasteiger partial charge in [-0.25, -0.2) is 0 Å². The van der Waals surface area contributed by atoms with E-state index in [9.17, 15) is 29.1 Å². The molecule has 41 heavy (non-hydrogen) atoms. The van der Waals surface area contributed by atoms with Crippen LogP contribution in [0, 0.1) is 29.1 Å². The third-order valence-electron chi connectivity index (χ3n) is 10.1. The molecule has 0 bridgehead atoms. The van der Waals surface area contributed by atoms with Crippen molar-refractivity contribution in [3.05, 3.63) is 46.6 Å². The molecule has 6 atom stereocenters. The number of aliphatic carboxylic acids is 1. The van der Waals surface area contributed by atoms with Gasteiger partial charge in [0.05, 0.1) is 24.4 Å². The number of unbranched alkanes of at least 4 members (excludes halogenated alkanes) is 2. The van der Waals surface area contributed by atoms with Crippen LogP contribution in [0.2, 0.25) is 0 Å². The Morgan fingerprint density at radius 2 is 1.78 bits per heavy atom. The van der Waals surface area contributed by atoms with Gasteiger partial charge in [0.25, 0.3) is 0 Å². The number of ketones is 2. The van der Waals surface area contributed by atoms with Crippen molar-refractivity contribution in [2.45, 2.75) is 65.2 Å². The monoisotopic (exact) mass is 563 g/mol. The predicted molar refractivity (Wildman–Crippen MR) is 148 cm³/mol. The van der Waals surface area contributed by atoms with E-state index in [0.717, 1.165) is 5.57 Å². The van der Waals surface area contributed by atoms with Gasteiger partial charge in [0, 0.05) is 24.8 Å². The number of phenolic OH excluding ortho intramolecular Hbond substituents is 1. The van der Waals surface area contributed by atoms with Crippen LogP contribution in [0.15, 0.2) is 41.0 Å². The fourth-order valence-electron chi connectivity index (χ4n) is 7.84. The number of hydrogen-bond donors (Lipinski definition) is 2. The molecule has 218 valence electrons. The van der Waals surface area contributed by atoms with Gasteiger partial charge in [-0.3, -0.25) is 28.9 Å². The first kappa shape index (κ1) is 28.8. The summed E-state index contributed by atoms with van der Waals surface area (Å²) in [6.07, 6.45) is 4.31. The van der Waals surface area contributed by atoms with Crippen LogP contribution in [0.25, 0.3) is 0 Å². The number of ether oxygens (including phenoxy) is 1. The van der Waals surface area contributed by atoms with Crippen LogP contribution in [0.3, 0.4) is 0 Å². The van der Waals surface area contributed by atoms with Crippen LogP contribution in [-0.4, -0.2) is 58.1 Å². The molecular formula is C32H37NO8. The van der Waals surface area contributed by atoms with Gasteiger partial charge in [0.2, 0.25) is 11.8 Å². The maximum absolute atomic E-state index is 14.0. The van der Waals surface area contributed by atoms with Crippen molar-refractivity contribution < 1.29 is 38.9 Å². The summed E-state index contributed by atoms with van der Waals surface area (Å²) < 4.78 is 5.38.